The third-order valence-corrected chi connectivity index (χ3v) is 11.9. The van der Waals surface area contributed by atoms with Crippen LogP contribution in [0.1, 0.15) is 112 Å². The third-order valence-electron chi connectivity index (χ3n) is 11.9. The van der Waals surface area contributed by atoms with E-state index in [1.807, 2.05) is 6.07 Å². The number of hydrogen-bond donors (Lipinski definition) is 2. The molecule has 0 radical (unpaired) electrons. The lowest BCUT2D eigenvalue weighted by Gasteiger charge is -2.40. The van der Waals surface area contributed by atoms with Crippen LogP contribution in [0.3, 0.4) is 0 Å². The molecular weight excluding hydrogens is 753 g/mol. The molecule has 9 rings (SSSR count). The van der Waals surface area contributed by atoms with Crippen molar-refractivity contribution in [2.24, 2.45) is 5.92 Å². The predicted molar refractivity (Wildman–Crippen MR) is 220 cm³/mol. The Balaban J connectivity index is 0.880. The average molecular weight is 809 g/mol. The fourth-order valence-electron chi connectivity index (χ4n) is 8.80. The third kappa shape index (κ3) is 7.23. The first-order valence-electron chi connectivity index (χ1n) is 23.9. The maximum absolute atomic E-state index is 13.6. The molecule has 3 aromatic heterocycles. The minimum absolute atomic E-state index is 0.0758. The van der Waals surface area contributed by atoms with E-state index in [0.29, 0.717) is 63.0 Å². The number of nitrogens with one attached hydrogen (secondary N) is 2. The van der Waals surface area contributed by atoms with Gasteiger partial charge >= 0.3 is 0 Å². The molecule has 4 aliphatic heterocycles. The Morgan fingerprint density at radius 3 is 2.29 bits per heavy atom. The first kappa shape index (κ1) is 30.1. The van der Waals surface area contributed by atoms with Crippen LogP contribution in [0.15, 0.2) is 47.5 Å². The highest BCUT2D eigenvalue weighted by Crippen LogP contribution is 2.34. The van der Waals surface area contributed by atoms with Gasteiger partial charge in [-0.3, -0.25) is 48.5 Å². The van der Waals surface area contributed by atoms with Crippen LogP contribution in [0.5, 0.6) is 0 Å². The number of aromatic nitrogens is 4. The van der Waals surface area contributed by atoms with Crippen LogP contribution in [0.4, 0.5) is 23.1 Å². The number of aryl methyl sites for hydroxylation is 1. The predicted octanol–water partition coefficient (Wildman–Crippen LogP) is 4.00. The van der Waals surface area contributed by atoms with E-state index in [1.165, 1.54) is 6.92 Å². The lowest BCUT2D eigenvalue weighted by Crippen LogP contribution is -2.54. The Morgan fingerprint density at radius 2 is 1.59 bits per heavy atom. The van der Waals surface area contributed by atoms with Gasteiger partial charge in [0.15, 0.2) is 5.78 Å². The van der Waals surface area contributed by atoms with Crippen LogP contribution in [-0.4, -0.2) is 110 Å². The summed E-state index contributed by atoms with van der Waals surface area (Å²) >= 11 is 0. The molecule has 306 valence electrons. The second-order valence-electron chi connectivity index (χ2n) is 15.6. The average Bonchev–Trinajstić information content (AvgIpc) is 3.88. The second kappa shape index (κ2) is 15.6. The fraction of sp³-hybridized carbons (Fsp3) is 0.465. The smallest absolute Gasteiger partial charge is 0.263 e. The van der Waals surface area contributed by atoms with Crippen LogP contribution in [0.2, 0.25) is 0 Å². The SMILES string of the molecule is [2H]C1([2H])N(CC2CCN(c3ccc(Nc4ncc5c(C)c(C(C)=O)c(=O)n(C6CCCC6)c5n4)nc3)CC2)C([2H])([2H])C([2H])([2H])N(c2ccc3c(c2)C(=O)N(C2CCC(=O)NC2=O)C3=O)C1([2H])[2H]. The molecule has 16 heteroatoms. The Bertz CT molecular complexity index is 2780. The van der Waals surface area contributed by atoms with E-state index >= 15 is 0 Å². The highest BCUT2D eigenvalue weighted by atomic mass is 16.2. The number of carbonyl (C=O) groups excluding carboxylic acids is 5. The summed E-state index contributed by atoms with van der Waals surface area (Å²) in [4.78, 5) is 94.8. The number of pyridine rings is 2. The Morgan fingerprint density at radius 1 is 0.864 bits per heavy atom. The largest absolute Gasteiger partial charge is 0.370 e. The van der Waals surface area contributed by atoms with Crippen molar-refractivity contribution in [3.05, 3.63) is 75.3 Å². The molecule has 16 nitrogen and oxygen atoms in total. The first-order chi connectivity index (χ1) is 31.6. The van der Waals surface area contributed by atoms with E-state index in [1.54, 1.807) is 30.0 Å². The van der Waals surface area contributed by atoms with Crippen LogP contribution in [-0.2, 0) is 9.59 Å². The molecule has 5 aliphatic rings. The van der Waals surface area contributed by atoms with Crippen molar-refractivity contribution in [1.82, 2.24) is 34.6 Å². The molecule has 1 aromatic carbocycles. The van der Waals surface area contributed by atoms with Gasteiger partial charge in [0.2, 0.25) is 17.8 Å². The number of anilines is 4. The normalized spacial score (nSPS) is 26.2. The van der Waals surface area contributed by atoms with Crippen molar-refractivity contribution in [3.63, 3.8) is 0 Å². The van der Waals surface area contributed by atoms with Gasteiger partial charge in [-0.05, 0) is 87.8 Å². The number of fused-ring (bicyclic) bond motifs is 2. The van der Waals surface area contributed by atoms with Crippen LogP contribution in [0.25, 0.3) is 11.0 Å². The molecule has 0 bridgehead atoms. The van der Waals surface area contributed by atoms with E-state index < -0.39 is 61.3 Å². The van der Waals surface area contributed by atoms with Crippen molar-refractivity contribution in [2.75, 3.05) is 60.7 Å². The number of nitrogens with zero attached hydrogens (tertiary/aromatic N) is 8. The zero-order valence-corrected chi connectivity index (χ0v) is 32.6. The van der Waals surface area contributed by atoms with Gasteiger partial charge in [-0.15, -0.1) is 0 Å². The minimum Gasteiger partial charge on any atom is -0.370 e. The van der Waals surface area contributed by atoms with Crippen LogP contribution < -0.4 is 26.0 Å². The number of ketones is 1. The lowest BCUT2D eigenvalue weighted by atomic mass is 9.95. The Labute approximate surface area is 352 Å². The second-order valence-corrected chi connectivity index (χ2v) is 15.6. The number of piperazine rings is 1. The standard InChI is InChI=1S/C43H48N10O6/c1-25-33-23-45-43(48-38(33)52(28-5-3-4-6-28)42(59)37(25)26(2)54)46-35-11-8-30(22-44-35)50-15-13-27(14-16-50)24-49-17-19-51(20-18-49)29-7-9-31-32(21-29)41(58)53(40(31)57)34-10-12-36(55)47-39(34)56/h7-9,11,21-23,27-28,34H,3-6,10,12-20,24H2,1-2H3,(H,47,55,56)(H,44,45,46,48)/i17D2,18D2,19D2,20D2. The summed E-state index contributed by atoms with van der Waals surface area (Å²) in [5.41, 5.74) is 0.688. The van der Waals surface area contributed by atoms with Gasteiger partial charge < -0.3 is 15.1 Å². The molecule has 1 aliphatic carbocycles. The quantitative estimate of drug-likeness (QED) is 0.183. The van der Waals surface area contributed by atoms with Crippen molar-refractivity contribution < 1.29 is 34.9 Å². The molecular formula is C43H48N10O6. The number of rotatable bonds is 9. The van der Waals surface area contributed by atoms with Crippen molar-refractivity contribution in [3.8, 4) is 0 Å². The maximum Gasteiger partial charge on any atom is 0.263 e. The lowest BCUT2D eigenvalue weighted by molar-refractivity contribution is -0.136. The summed E-state index contributed by atoms with van der Waals surface area (Å²) in [7, 11) is 0. The molecule has 3 saturated heterocycles. The number of imide groups is 2. The van der Waals surface area contributed by atoms with Crippen LogP contribution >= 0.6 is 0 Å². The highest BCUT2D eigenvalue weighted by molar-refractivity contribution is 6.23. The monoisotopic (exact) mass is 808 g/mol. The zero-order chi connectivity index (χ0) is 48.1. The van der Waals surface area contributed by atoms with E-state index in [0.717, 1.165) is 49.6 Å². The maximum atomic E-state index is 13.6. The molecule has 4 fully saturated rings. The molecule has 4 aromatic rings. The number of carbonyl (C=O) groups is 5. The molecule has 7 heterocycles. The fourth-order valence-corrected chi connectivity index (χ4v) is 8.80. The summed E-state index contributed by atoms with van der Waals surface area (Å²) in [5, 5.41) is 5.84. The highest BCUT2D eigenvalue weighted by Gasteiger charge is 2.45. The van der Waals surface area contributed by atoms with E-state index in [2.05, 4.69) is 25.5 Å². The van der Waals surface area contributed by atoms with Gasteiger partial charge in [0.25, 0.3) is 17.4 Å². The van der Waals surface area contributed by atoms with Crippen molar-refractivity contribution in [1.29, 1.82) is 0 Å². The van der Waals surface area contributed by atoms with E-state index in [4.69, 9.17) is 16.0 Å². The number of benzene rings is 1. The van der Waals surface area contributed by atoms with Gasteiger partial charge in [-0.25, -0.2) is 9.97 Å². The number of piperidine rings is 2. The van der Waals surface area contributed by atoms with Crippen LogP contribution in [0, 0.1) is 12.8 Å². The number of amides is 4. The van der Waals surface area contributed by atoms with Gasteiger partial charge in [-0.2, -0.15) is 4.98 Å². The Hall–Kier alpha value is -6.03. The summed E-state index contributed by atoms with van der Waals surface area (Å²) < 4.78 is 74.1. The van der Waals surface area contributed by atoms with Gasteiger partial charge in [0.1, 0.15) is 17.5 Å². The summed E-state index contributed by atoms with van der Waals surface area (Å²) in [5.74, 6) is -3.20. The molecule has 59 heavy (non-hydrogen) atoms. The minimum atomic E-state index is -3.24. The molecule has 1 atom stereocenters. The van der Waals surface area contributed by atoms with Gasteiger partial charge in [0.05, 0.1) is 34.1 Å². The number of Topliss-reactive ketones (excluding diaryl/α,β-unsaturated/α-hetero) is 1. The topological polar surface area (TPSA) is 183 Å². The van der Waals surface area contributed by atoms with E-state index in [-0.39, 0.29) is 65.3 Å². The summed E-state index contributed by atoms with van der Waals surface area (Å²) in [6.07, 6.45) is 7.48. The van der Waals surface area contributed by atoms with Crippen molar-refractivity contribution in [2.45, 2.75) is 77.3 Å². The molecule has 0 spiro atoms. The summed E-state index contributed by atoms with van der Waals surface area (Å²) in [6, 6.07) is 5.49. The summed E-state index contributed by atoms with van der Waals surface area (Å²) in [6.45, 7) is -9.04. The van der Waals surface area contributed by atoms with Gasteiger partial charge in [0, 0.05) is 80.8 Å². The molecule has 4 amide bonds. The Kier molecular flexibility index (Phi) is 7.96. The molecule has 2 N–H and O–H groups in total. The zero-order valence-electron chi connectivity index (χ0n) is 40.6. The van der Waals surface area contributed by atoms with Crippen molar-refractivity contribution >= 4 is 63.6 Å². The first-order valence-corrected chi connectivity index (χ1v) is 19.9. The van der Waals surface area contributed by atoms with E-state index in [9.17, 15) is 28.8 Å². The number of hydrogen-bond acceptors (Lipinski definition) is 13. The molecule has 1 saturated carbocycles. The molecule has 1 unspecified atom stereocenters. The van der Waals surface area contributed by atoms with Gasteiger partial charge in [-0.1, -0.05) is 12.8 Å².